The average Bonchev–Trinajstić information content (AvgIpc) is 3.23. The summed E-state index contributed by atoms with van der Waals surface area (Å²) < 4.78 is 14.5. The Hall–Kier alpha value is -2.43. The second-order valence-electron chi connectivity index (χ2n) is 7.61. The Morgan fingerprint density at radius 3 is 2.68 bits per heavy atom. The summed E-state index contributed by atoms with van der Waals surface area (Å²) in [7, 11) is 0. The van der Waals surface area contributed by atoms with E-state index in [1.165, 1.54) is 25.0 Å². The summed E-state index contributed by atoms with van der Waals surface area (Å²) in [4.78, 5) is 10.9. The van der Waals surface area contributed by atoms with Crippen LogP contribution in [-0.4, -0.2) is 4.92 Å². The van der Waals surface area contributed by atoms with Crippen LogP contribution in [0.25, 0.3) is 0 Å². The number of fused-ring (bicyclic) bond motifs is 7. The van der Waals surface area contributed by atoms with Crippen LogP contribution in [0.5, 0.6) is 0 Å². The minimum Gasteiger partial charge on any atom is -0.378 e. The van der Waals surface area contributed by atoms with Crippen molar-refractivity contribution >= 4 is 11.4 Å². The van der Waals surface area contributed by atoms with E-state index in [9.17, 15) is 14.5 Å². The fraction of sp³-hybridized carbons (Fsp3) is 0.400. The van der Waals surface area contributed by atoms with Crippen LogP contribution in [0.3, 0.4) is 0 Å². The molecule has 2 saturated carbocycles. The number of hydrogen-bond donors (Lipinski definition) is 1. The van der Waals surface area contributed by atoms with Crippen LogP contribution in [-0.2, 0) is 0 Å². The smallest absolute Gasteiger partial charge is 0.269 e. The molecule has 1 aliphatic heterocycles. The fourth-order valence-corrected chi connectivity index (χ4v) is 5.62. The van der Waals surface area contributed by atoms with E-state index >= 15 is 0 Å². The third-order valence-electron chi connectivity index (χ3n) is 6.52. The van der Waals surface area contributed by atoms with Gasteiger partial charge in [0, 0.05) is 23.4 Å². The van der Waals surface area contributed by atoms with Gasteiger partial charge in [-0.1, -0.05) is 18.2 Å². The van der Waals surface area contributed by atoms with Crippen molar-refractivity contribution in [2.45, 2.75) is 31.2 Å². The van der Waals surface area contributed by atoms with Crippen molar-refractivity contribution in [1.29, 1.82) is 0 Å². The molecule has 5 heteroatoms. The average molecular weight is 338 g/mol. The fourth-order valence-electron chi connectivity index (χ4n) is 5.62. The van der Waals surface area contributed by atoms with Crippen LogP contribution < -0.4 is 5.32 Å². The van der Waals surface area contributed by atoms with Gasteiger partial charge in [-0.15, -0.1) is 0 Å². The molecule has 25 heavy (non-hydrogen) atoms. The highest BCUT2D eigenvalue weighted by molar-refractivity contribution is 5.62. The number of hydrogen-bond acceptors (Lipinski definition) is 3. The molecule has 1 heterocycles. The summed E-state index contributed by atoms with van der Waals surface area (Å²) in [5.41, 5.74) is 2.84. The molecule has 5 atom stereocenters. The maximum atomic E-state index is 14.5. The van der Waals surface area contributed by atoms with Gasteiger partial charge in [0.1, 0.15) is 5.82 Å². The predicted molar refractivity (Wildman–Crippen MR) is 92.9 cm³/mol. The first kappa shape index (κ1) is 14.9. The Morgan fingerprint density at radius 1 is 1.08 bits per heavy atom. The Bertz CT molecular complexity index is 869. The topological polar surface area (TPSA) is 55.2 Å². The van der Waals surface area contributed by atoms with E-state index in [0.29, 0.717) is 29.2 Å². The van der Waals surface area contributed by atoms with Gasteiger partial charge in [0.2, 0.25) is 0 Å². The van der Waals surface area contributed by atoms with Crippen LogP contribution in [0.15, 0.2) is 42.5 Å². The van der Waals surface area contributed by atoms with Crippen molar-refractivity contribution < 1.29 is 9.31 Å². The maximum absolute atomic E-state index is 14.5. The van der Waals surface area contributed by atoms with E-state index in [0.717, 1.165) is 17.7 Å². The van der Waals surface area contributed by atoms with Crippen molar-refractivity contribution in [3.63, 3.8) is 0 Å². The molecule has 5 rings (SSSR count). The molecule has 0 unspecified atom stereocenters. The number of halogens is 1. The summed E-state index contributed by atoms with van der Waals surface area (Å²) in [5.74, 6) is 1.56. The molecule has 0 radical (unpaired) electrons. The van der Waals surface area contributed by atoms with Crippen LogP contribution in [0.4, 0.5) is 15.8 Å². The SMILES string of the molecule is O=[N+]([O-])c1ccc2c(c1)[C@@H]1[C@H]3CC[C@@H](C3)[C@H]1[C@H](c1ccccc1F)N2. The zero-order chi connectivity index (χ0) is 17.1. The first-order chi connectivity index (χ1) is 12.1. The summed E-state index contributed by atoms with van der Waals surface area (Å²) >= 11 is 0. The van der Waals surface area contributed by atoms with E-state index in [2.05, 4.69) is 5.32 Å². The normalized spacial score (nSPS) is 32.0. The van der Waals surface area contributed by atoms with Crippen LogP contribution in [0.2, 0.25) is 0 Å². The molecule has 128 valence electrons. The number of non-ortho nitro benzene ring substituents is 1. The quantitative estimate of drug-likeness (QED) is 0.617. The molecule has 2 fully saturated rings. The van der Waals surface area contributed by atoms with Crippen molar-refractivity contribution in [1.82, 2.24) is 0 Å². The largest absolute Gasteiger partial charge is 0.378 e. The molecule has 0 amide bonds. The van der Waals surface area contributed by atoms with Crippen molar-refractivity contribution in [2.75, 3.05) is 5.32 Å². The summed E-state index contributed by atoms with van der Waals surface area (Å²) in [6.07, 6.45) is 3.52. The molecule has 2 aromatic rings. The summed E-state index contributed by atoms with van der Waals surface area (Å²) in [5, 5.41) is 14.7. The Labute approximate surface area is 145 Å². The third-order valence-corrected chi connectivity index (χ3v) is 6.52. The van der Waals surface area contributed by atoms with Gasteiger partial charge in [0.25, 0.3) is 5.69 Å². The van der Waals surface area contributed by atoms with E-state index in [-0.39, 0.29) is 22.5 Å². The molecule has 1 N–H and O–H groups in total. The standard InChI is InChI=1S/C20H19FN2O2/c21-16-4-2-1-3-14(16)20-19-12-6-5-11(9-12)18(19)15-10-13(23(24)25)7-8-17(15)22-20/h1-4,7-8,10-12,18-20,22H,5-6,9H2/t11-,12-,18-,19+,20-/m0/s1. The number of nitro benzene ring substituents is 1. The van der Waals surface area contributed by atoms with Gasteiger partial charge in [0.15, 0.2) is 0 Å². The number of nitrogens with one attached hydrogen (secondary N) is 1. The number of benzene rings is 2. The molecule has 2 bridgehead atoms. The van der Waals surface area contributed by atoms with Crippen LogP contribution in [0, 0.1) is 33.7 Å². The lowest BCUT2D eigenvalue weighted by Crippen LogP contribution is -2.35. The lowest BCUT2D eigenvalue weighted by molar-refractivity contribution is -0.384. The van der Waals surface area contributed by atoms with E-state index in [1.54, 1.807) is 18.2 Å². The molecule has 2 aliphatic carbocycles. The van der Waals surface area contributed by atoms with Crippen LogP contribution in [0.1, 0.15) is 42.3 Å². The van der Waals surface area contributed by atoms with Crippen molar-refractivity contribution in [3.8, 4) is 0 Å². The Balaban J connectivity index is 1.65. The zero-order valence-electron chi connectivity index (χ0n) is 13.7. The first-order valence-electron chi connectivity index (χ1n) is 8.93. The summed E-state index contributed by atoms with van der Waals surface area (Å²) in [6, 6.07) is 12.0. The summed E-state index contributed by atoms with van der Waals surface area (Å²) in [6.45, 7) is 0. The Morgan fingerprint density at radius 2 is 1.88 bits per heavy atom. The number of nitro groups is 1. The lowest BCUT2D eigenvalue weighted by Gasteiger charge is -2.43. The van der Waals surface area contributed by atoms with Crippen molar-refractivity contribution in [2.24, 2.45) is 17.8 Å². The molecule has 0 spiro atoms. The first-order valence-corrected chi connectivity index (χ1v) is 8.93. The molecule has 0 aromatic heterocycles. The monoisotopic (exact) mass is 338 g/mol. The van der Waals surface area contributed by atoms with Gasteiger partial charge in [-0.05, 0) is 60.6 Å². The molecular formula is C20H19FN2O2. The van der Waals surface area contributed by atoms with E-state index in [4.69, 9.17) is 0 Å². The van der Waals surface area contributed by atoms with Gasteiger partial charge < -0.3 is 5.32 Å². The van der Waals surface area contributed by atoms with Gasteiger partial charge in [-0.2, -0.15) is 0 Å². The predicted octanol–water partition coefficient (Wildman–Crippen LogP) is 5.03. The van der Waals surface area contributed by atoms with Gasteiger partial charge in [-0.25, -0.2) is 4.39 Å². The van der Waals surface area contributed by atoms with Crippen LogP contribution >= 0.6 is 0 Å². The minimum atomic E-state index is -0.328. The second kappa shape index (κ2) is 5.28. The molecule has 2 aromatic carbocycles. The van der Waals surface area contributed by atoms with Crippen molar-refractivity contribution in [3.05, 3.63) is 69.5 Å². The van der Waals surface area contributed by atoms with E-state index < -0.39 is 0 Å². The number of anilines is 1. The number of nitrogens with zero attached hydrogens (tertiary/aromatic N) is 1. The molecule has 0 saturated heterocycles. The molecular weight excluding hydrogens is 319 g/mol. The maximum Gasteiger partial charge on any atom is 0.269 e. The molecule has 3 aliphatic rings. The zero-order valence-corrected chi connectivity index (χ0v) is 13.7. The lowest BCUT2D eigenvalue weighted by atomic mass is 9.68. The molecule has 4 nitrogen and oxygen atoms in total. The minimum absolute atomic E-state index is 0.0598. The van der Waals surface area contributed by atoms with E-state index in [1.807, 2.05) is 12.1 Å². The Kier molecular flexibility index (Phi) is 3.14. The third kappa shape index (κ3) is 2.11. The highest BCUT2D eigenvalue weighted by atomic mass is 19.1. The van der Waals surface area contributed by atoms with Gasteiger partial charge >= 0.3 is 0 Å². The highest BCUT2D eigenvalue weighted by Gasteiger charge is 2.54. The number of rotatable bonds is 2. The van der Waals surface area contributed by atoms with Gasteiger partial charge in [0.05, 0.1) is 11.0 Å². The second-order valence-corrected chi connectivity index (χ2v) is 7.61. The van der Waals surface area contributed by atoms with Gasteiger partial charge in [-0.3, -0.25) is 10.1 Å². The highest BCUT2D eigenvalue weighted by Crippen LogP contribution is 2.64.